The van der Waals surface area contributed by atoms with Crippen molar-refractivity contribution in [3.8, 4) is 0 Å². The lowest BCUT2D eigenvalue weighted by molar-refractivity contribution is 0.110. The van der Waals surface area contributed by atoms with Crippen molar-refractivity contribution in [2.45, 2.75) is 12.8 Å². The molecule has 0 aromatic carbocycles. The van der Waals surface area contributed by atoms with Crippen LogP contribution < -0.4 is 0 Å². The van der Waals surface area contributed by atoms with Crippen molar-refractivity contribution in [1.82, 2.24) is 0 Å². The molecule has 0 fully saturated rings. The van der Waals surface area contributed by atoms with Gasteiger partial charge in [0.15, 0.2) is 0 Å². The first-order valence-electron chi connectivity index (χ1n) is 3.75. The number of aliphatic hydroxyl groups excluding tert-OH is 2. The predicted octanol–water partition coefficient (Wildman–Crippen LogP) is 0.553. The van der Waals surface area contributed by atoms with Crippen LogP contribution in [-0.4, -0.2) is 23.4 Å². The van der Waals surface area contributed by atoms with Crippen molar-refractivity contribution in [2.24, 2.45) is 11.8 Å². The molecule has 0 heterocycles. The highest BCUT2D eigenvalue weighted by molar-refractivity contribution is 4.96. The molecule has 0 aromatic rings. The summed E-state index contributed by atoms with van der Waals surface area (Å²) in [5.74, 6) is 0.574. The van der Waals surface area contributed by atoms with Crippen molar-refractivity contribution < 1.29 is 10.2 Å². The van der Waals surface area contributed by atoms with Gasteiger partial charge in [-0.15, -0.1) is 0 Å². The molecule has 2 nitrogen and oxygen atoms in total. The lowest BCUT2D eigenvalue weighted by Gasteiger charge is -2.17. The Morgan fingerprint density at radius 2 is 1.70 bits per heavy atom. The summed E-state index contributed by atoms with van der Waals surface area (Å²) in [7, 11) is 0. The van der Waals surface area contributed by atoms with Gasteiger partial charge in [0.1, 0.15) is 0 Å². The van der Waals surface area contributed by atoms with E-state index in [-0.39, 0.29) is 19.1 Å². The third-order valence-electron chi connectivity index (χ3n) is 2.18. The lowest BCUT2D eigenvalue weighted by Crippen LogP contribution is -2.19. The molecule has 2 heteroatoms. The number of hydrogen-bond donors (Lipinski definition) is 2. The lowest BCUT2D eigenvalue weighted by atomic mass is 9.92. The molecule has 0 radical (unpaired) electrons. The van der Waals surface area contributed by atoms with Gasteiger partial charge < -0.3 is 10.2 Å². The molecule has 0 bridgehead atoms. The second-order valence-electron chi connectivity index (χ2n) is 2.83. The van der Waals surface area contributed by atoms with Gasteiger partial charge in [0.25, 0.3) is 0 Å². The molecule has 1 aliphatic carbocycles. The van der Waals surface area contributed by atoms with Crippen LogP contribution in [0.5, 0.6) is 0 Å². The zero-order valence-corrected chi connectivity index (χ0v) is 6.03. The molecule has 0 unspecified atom stereocenters. The van der Waals surface area contributed by atoms with E-state index in [1.807, 2.05) is 0 Å². The molecule has 0 saturated heterocycles. The summed E-state index contributed by atoms with van der Waals surface area (Å²) < 4.78 is 0. The van der Waals surface area contributed by atoms with E-state index in [9.17, 15) is 0 Å². The Hall–Kier alpha value is -0.340. The van der Waals surface area contributed by atoms with Crippen molar-refractivity contribution >= 4 is 0 Å². The van der Waals surface area contributed by atoms with E-state index in [1.54, 1.807) is 0 Å². The monoisotopic (exact) mass is 142 g/mol. The second kappa shape index (κ2) is 3.74. The number of aliphatic hydroxyl groups is 2. The van der Waals surface area contributed by atoms with Crippen molar-refractivity contribution in [3.63, 3.8) is 0 Å². The van der Waals surface area contributed by atoms with E-state index in [1.165, 1.54) is 0 Å². The van der Waals surface area contributed by atoms with Crippen LogP contribution in [0.15, 0.2) is 12.2 Å². The highest BCUT2D eigenvalue weighted by atomic mass is 16.3. The normalized spacial score (nSPS) is 19.1. The van der Waals surface area contributed by atoms with Gasteiger partial charge in [-0.3, -0.25) is 0 Å². The van der Waals surface area contributed by atoms with Gasteiger partial charge in [-0.1, -0.05) is 12.2 Å². The standard InChI is InChI=1S/C8H14O2/c9-5-8(6-10)7-3-1-2-4-7/h1-2,7-10H,3-6H2. The maximum absolute atomic E-state index is 8.80. The molecule has 0 spiro atoms. The third-order valence-corrected chi connectivity index (χ3v) is 2.18. The summed E-state index contributed by atoms with van der Waals surface area (Å²) >= 11 is 0. The highest BCUT2D eigenvalue weighted by Gasteiger charge is 2.20. The summed E-state index contributed by atoms with van der Waals surface area (Å²) in [6, 6.07) is 0. The van der Waals surface area contributed by atoms with Crippen molar-refractivity contribution in [3.05, 3.63) is 12.2 Å². The molecule has 1 rings (SSSR count). The van der Waals surface area contributed by atoms with E-state index in [0.717, 1.165) is 12.8 Å². The molecule has 0 aromatic heterocycles. The molecule has 0 saturated carbocycles. The minimum absolute atomic E-state index is 0.0926. The SMILES string of the molecule is OCC(CO)C1CC=CC1. The van der Waals surface area contributed by atoms with Gasteiger partial charge >= 0.3 is 0 Å². The number of allylic oxidation sites excluding steroid dienone is 2. The van der Waals surface area contributed by atoms with Crippen LogP contribution in [0.2, 0.25) is 0 Å². The summed E-state index contributed by atoms with van der Waals surface area (Å²) in [5, 5.41) is 17.6. The quantitative estimate of drug-likeness (QED) is 0.565. The third kappa shape index (κ3) is 1.58. The number of hydrogen-bond acceptors (Lipinski definition) is 2. The number of rotatable bonds is 3. The maximum atomic E-state index is 8.80. The van der Waals surface area contributed by atoms with E-state index in [4.69, 9.17) is 10.2 Å². The van der Waals surface area contributed by atoms with Gasteiger partial charge in [-0.25, -0.2) is 0 Å². The molecular formula is C8H14O2. The zero-order valence-electron chi connectivity index (χ0n) is 6.03. The van der Waals surface area contributed by atoms with E-state index >= 15 is 0 Å². The fourth-order valence-electron chi connectivity index (χ4n) is 1.38. The molecule has 1 aliphatic rings. The topological polar surface area (TPSA) is 40.5 Å². The summed E-state index contributed by atoms with van der Waals surface area (Å²) in [5.41, 5.74) is 0. The van der Waals surface area contributed by atoms with Gasteiger partial charge in [0.05, 0.1) is 0 Å². The van der Waals surface area contributed by atoms with Crippen molar-refractivity contribution in [1.29, 1.82) is 0 Å². The highest BCUT2D eigenvalue weighted by Crippen LogP contribution is 2.25. The van der Waals surface area contributed by atoms with E-state index in [0.29, 0.717) is 5.92 Å². The minimum atomic E-state index is 0.0926. The summed E-state index contributed by atoms with van der Waals surface area (Å²) in [4.78, 5) is 0. The predicted molar refractivity (Wildman–Crippen MR) is 39.5 cm³/mol. The Kier molecular flexibility index (Phi) is 2.90. The van der Waals surface area contributed by atoms with Crippen LogP contribution in [0.3, 0.4) is 0 Å². The first-order chi connectivity index (χ1) is 4.88. The maximum Gasteiger partial charge on any atom is 0.0484 e. The van der Waals surface area contributed by atoms with Crippen molar-refractivity contribution in [2.75, 3.05) is 13.2 Å². The molecule has 10 heavy (non-hydrogen) atoms. The van der Waals surface area contributed by atoms with E-state index in [2.05, 4.69) is 12.2 Å². The molecular weight excluding hydrogens is 128 g/mol. The van der Waals surface area contributed by atoms with E-state index < -0.39 is 0 Å². The van der Waals surface area contributed by atoms with Crippen LogP contribution >= 0.6 is 0 Å². The zero-order chi connectivity index (χ0) is 7.40. The Bertz CT molecular complexity index is 108. The molecule has 0 aliphatic heterocycles. The molecule has 0 atom stereocenters. The summed E-state index contributed by atoms with van der Waals surface area (Å²) in [6.07, 6.45) is 6.27. The molecule has 2 N–H and O–H groups in total. The largest absolute Gasteiger partial charge is 0.396 e. The van der Waals surface area contributed by atoms with Crippen LogP contribution in [-0.2, 0) is 0 Å². The molecule has 58 valence electrons. The Morgan fingerprint density at radius 3 is 2.10 bits per heavy atom. The van der Waals surface area contributed by atoms with Crippen LogP contribution in [0.25, 0.3) is 0 Å². The van der Waals surface area contributed by atoms with Crippen LogP contribution in [0.4, 0.5) is 0 Å². The average molecular weight is 142 g/mol. The van der Waals surface area contributed by atoms with Gasteiger partial charge in [-0.05, 0) is 18.8 Å². The van der Waals surface area contributed by atoms with Gasteiger partial charge in [0, 0.05) is 19.1 Å². The fourth-order valence-corrected chi connectivity index (χ4v) is 1.38. The first kappa shape index (κ1) is 7.76. The Morgan fingerprint density at radius 1 is 1.20 bits per heavy atom. The average Bonchev–Trinajstić information content (AvgIpc) is 2.43. The van der Waals surface area contributed by atoms with Crippen LogP contribution in [0.1, 0.15) is 12.8 Å². The Labute approximate surface area is 61.2 Å². The smallest absolute Gasteiger partial charge is 0.0484 e. The second-order valence-corrected chi connectivity index (χ2v) is 2.83. The summed E-state index contributed by atoms with van der Waals surface area (Å²) in [6.45, 7) is 0.228. The van der Waals surface area contributed by atoms with Gasteiger partial charge in [0.2, 0.25) is 0 Å². The minimum Gasteiger partial charge on any atom is -0.396 e. The molecule has 0 amide bonds. The fraction of sp³-hybridized carbons (Fsp3) is 0.750. The first-order valence-corrected chi connectivity index (χ1v) is 3.75. The van der Waals surface area contributed by atoms with Gasteiger partial charge in [-0.2, -0.15) is 0 Å². The Balaban J connectivity index is 2.31. The van der Waals surface area contributed by atoms with Crippen LogP contribution in [0, 0.1) is 11.8 Å².